The molecule has 3 atom stereocenters. The fraction of sp³-hybridized carbons (Fsp3) is 0.632. The average Bonchev–Trinajstić information content (AvgIpc) is 3.05. The van der Waals surface area contributed by atoms with Crippen molar-refractivity contribution in [3.05, 3.63) is 28.3 Å². The maximum Gasteiger partial charge on any atom is 0.237 e. The van der Waals surface area contributed by atoms with Gasteiger partial charge in [0.05, 0.1) is 26.9 Å². The van der Waals surface area contributed by atoms with Gasteiger partial charge in [-0.3, -0.25) is 9.63 Å². The number of nitrogens with zero attached hydrogens (tertiary/aromatic N) is 1. The zero-order chi connectivity index (χ0) is 21.1. The van der Waals surface area contributed by atoms with Gasteiger partial charge >= 0.3 is 0 Å². The molecule has 0 bridgehead atoms. The van der Waals surface area contributed by atoms with Gasteiger partial charge in [-0.05, 0) is 13.0 Å². The fourth-order valence-corrected chi connectivity index (χ4v) is 3.06. The highest BCUT2D eigenvalue weighted by Crippen LogP contribution is 2.34. The third kappa shape index (κ3) is 6.05. The van der Waals surface area contributed by atoms with Crippen molar-refractivity contribution < 1.29 is 24.6 Å². The molecule has 1 fully saturated rings. The van der Waals surface area contributed by atoms with E-state index in [1.54, 1.807) is 12.1 Å². The predicted octanol–water partition coefficient (Wildman–Crippen LogP) is 2.28. The van der Waals surface area contributed by atoms with E-state index in [9.17, 15) is 15.0 Å². The zero-order valence-corrected chi connectivity index (χ0v) is 17.8. The number of aliphatic hydroxyl groups is 2. The number of benzene rings is 1. The second-order valence-corrected chi connectivity index (χ2v) is 5.87. The van der Waals surface area contributed by atoms with Crippen LogP contribution in [0.5, 0.6) is 5.75 Å². The first-order chi connectivity index (χ1) is 12.9. The van der Waals surface area contributed by atoms with E-state index >= 15 is 0 Å². The molecule has 1 aromatic rings. The number of nitrogens with two attached hydrogens (primary N) is 1. The van der Waals surface area contributed by atoms with Crippen LogP contribution in [0, 0.1) is 12.8 Å². The maximum absolute atomic E-state index is 11.8. The Morgan fingerprint density at radius 3 is 2.30 bits per heavy atom. The van der Waals surface area contributed by atoms with Crippen LogP contribution < -0.4 is 10.5 Å². The van der Waals surface area contributed by atoms with Gasteiger partial charge in [0, 0.05) is 22.1 Å². The van der Waals surface area contributed by atoms with Crippen LogP contribution in [0.2, 0.25) is 5.02 Å². The van der Waals surface area contributed by atoms with Crippen molar-refractivity contribution in [2.24, 2.45) is 11.7 Å². The number of carbonyl (C=O) groups is 1. The normalized spacial score (nSPS) is 21.6. The molecule has 1 aliphatic heterocycles. The van der Waals surface area contributed by atoms with E-state index < -0.39 is 24.0 Å². The highest BCUT2D eigenvalue weighted by atomic mass is 35.5. The Balaban J connectivity index is 0.00000158. The molecule has 0 spiro atoms. The molecule has 4 N–H and O–H groups in total. The summed E-state index contributed by atoms with van der Waals surface area (Å²) >= 11 is 6.09. The molecule has 1 aromatic carbocycles. The van der Waals surface area contributed by atoms with Gasteiger partial charge in [-0.25, -0.2) is 0 Å². The summed E-state index contributed by atoms with van der Waals surface area (Å²) < 4.78 is 5.39. The third-order valence-corrected chi connectivity index (χ3v) is 4.51. The van der Waals surface area contributed by atoms with E-state index in [1.807, 2.05) is 34.6 Å². The molecule has 1 amide bonds. The number of methoxy groups -OCH3 is 1. The van der Waals surface area contributed by atoms with Gasteiger partial charge in [-0.15, -0.1) is 0 Å². The summed E-state index contributed by atoms with van der Waals surface area (Å²) in [4.78, 5) is 17.4. The van der Waals surface area contributed by atoms with Gasteiger partial charge in [0.1, 0.15) is 17.9 Å². The molecule has 3 unspecified atom stereocenters. The molecule has 27 heavy (non-hydrogen) atoms. The van der Waals surface area contributed by atoms with Crippen molar-refractivity contribution in [1.29, 1.82) is 0 Å². The summed E-state index contributed by atoms with van der Waals surface area (Å²) in [5.74, 6) is -0.612. The Hall–Kier alpha value is -1.38. The molecule has 0 radical (unpaired) electrons. The first-order valence-corrected chi connectivity index (χ1v) is 9.58. The van der Waals surface area contributed by atoms with Crippen LogP contribution in [-0.4, -0.2) is 53.7 Å². The molecule has 1 aliphatic rings. The van der Waals surface area contributed by atoms with Crippen molar-refractivity contribution in [3.8, 4) is 5.75 Å². The molecule has 0 saturated carbocycles. The zero-order valence-electron chi connectivity index (χ0n) is 17.0. The Labute approximate surface area is 167 Å². The Morgan fingerprint density at radius 2 is 1.85 bits per heavy atom. The van der Waals surface area contributed by atoms with Crippen LogP contribution in [0.3, 0.4) is 0 Å². The van der Waals surface area contributed by atoms with E-state index in [0.717, 1.165) is 11.1 Å². The number of carbonyl (C=O) groups excluding carboxylic acids is 1. The molecule has 1 heterocycles. The Kier molecular flexibility index (Phi) is 12.2. The molecular weight excluding hydrogens is 372 g/mol. The Morgan fingerprint density at radius 1 is 1.26 bits per heavy atom. The number of rotatable bonds is 6. The number of hydroxylamine groups is 2. The first-order valence-electron chi connectivity index (χ1n) is 9.21. The minimum atomic E-state index is -0.835. The van der Waals surface area contributed by atoms with Crippen LogP contribution in [0.15, 0.2) is 12.1 Å². The van der Waals surface area contributed by atoms with Crippen LogP contribution >= 0.6 is 11.6 Å². The summed E-state index contributed by atoms with van der Waals surface area (Å²) in [6, 6.07) is 2.67. The molecule has 1 saturated heterocycles. The van der Waals surface area contributed by atoms with E-state index in [-0.39, 0.29) is 19.8 Å². The van der Waals surface area contributed by atoms with Crippen LogP contribution in [0.25, 0.3) is 0 Å². The number of halogens is 1. The van der Waals surface area contributed by atoms with Crippen molar-refractivity contribution >= 4 is 17.5 Å². The summed E-state index contributed by atoms with van der Waals surface area (Å²) in [5, 5.41) is 20.8. The molecule has 8 heteroatoms. The van der Waals surface area contributed by atoms with Gasteiger partial charge in [0.15, 0.2) is 0 Å². The van der Waals surface area contributed by atoms with Gasteiger partial charge in [-0.1, -0.05) is 45.4 Å². The Bertz CT molecular complexity index is 585. The predicted molar refractivity (Wildman–Crippen MR) is 106 cm³/mol. The SMILES string of the molecule is CC.CC.COc1c(CN2OC(CO)C(CO)C2C(N)=O)ccc(Cl)c1C. The van der Waals surface area contributed by atoms with Crippen LogP contribution in [-0.2, 0) is 16.2 Å². The van der Waals surface area contributed by atoms with Gasteiger partial charge in [0.25, 0.3) is 0 Å². The monoisotopic (exact) mass is 404 g/mol. The number of hydrogen-bond donors (Lipinski definition) is 3. The number of hydrogen-bond acceptors (Lipinski definition) is 6. The van der Waals surface area contributed by atoms with Crippen LogP contribution in [0.4, 0.5) is 0 Å². The number of ether oxygens (including phenoxy) is 1. The van der Waals surface area contributed by atoms with E-state index in [4.69, 9.17) is 26.9 Å². The topological polar surface area (TPSA) is 105 Å². The summed E-state index contributed by atoms with van der Waals surface area (Å²) in [6.07, 6.45) is -0.683. The van der Waals surface area contributed by atoms with E-state index in [2.05, 4.69) is 0 Å². The van der Waals surface area contributed by atoms with Gasteiger partial charge in [-0.2, -0.15) is 5.06 Å². The van der Waals surface area contributed by atoms with Crippen LogP contribution in [0.1, 0.15) is 38.8 Å². The van der Waals surface area contributed by atoms with Crippen molar-refractivity contribution in [1.82, 2.24) is 5.06 Å². The molecule has 2 rings (SSSR count). The fourth-order valence-electron chi connectivity index (χ4n) is 2.91. The third-order valence-electron chi connectivity index (χ3n) is 4.10. The largest absolute Gasteiger partial charge is 0.496 e. The summed E-state index contributed by atoms with van der Waals surface area (Å²) in [5.41, 5.74) is 6.98. The minimum Gasteiger partial charge on any atom is -0.496 e. The lowest BCUT2D eigenvalue weighted by atomic mass is 9.95. The highest BCUT2D eigenvalue weighted by Gasteiger charge is 2.46. The van der Waals surface area contributed by atoms with Crippen molar-refractivity contribution in [2.45, 2.75) is 53.3 Å². The summed E-state index contributed by atoms with van der Waals surface area (Å²) in [7, 11) is 1.53. The summed E-state index contributed by atoms with van der Waals surface area (Å²) in [6.45, 7) is 9.41. The van der Waals surface area contributed by atoms with Gasteiger partial charge in [0.2, 0.25) is 5.91 Å². The maximum atomic E-state index is 11.8. The second-order valence-electron chi connectivity index (χ2n) is 5.46. The number of aliphatic hydroxyl groups excluding tert-OH is 2. The molecule has 7 nitrogen and oxygen atoms in total. The van der Waals surface area contributed by atoms with Gasteiger partial charge < -0.3 is 20.7 Å². The molecule has 0 aliphatic carbocycles. The number of primary amides is 1. The second kappa shape index (κ2) is 12.9. The standard InChI is InChI=1S/C15H21ClN2O5.2C2H6/c1-8-11(16)4-3-9(14(8)22-2)5-18-13(15(17)21)10(6-19)12(7-20)23-18;2*1-2/h3-4,10,12-13,19-20H,5-7H2,1-2H3,(H2,17,21);2*1-2H3. The van der Waals surface area contributed by atoms with Crippen molar-refractivity contribution in [3.63, 3.8) is 0 Å². The smallest absolute Gasteiger partial charge is 0.237 e. The molecular formula is C19H33ClN2O5. The highest BCUT2D eigenvalue weighted by molar-refractivity contribution is 6.31. The minimum absolute atomic E-state index is 0.210. The van der Waals surface area contributed by atoms with E-state index in [0.29, 0.717) is 10.8 Å². The van der Waals surface area contributed by atoms with Crippen molar-refractivity contribution in [2.75, 3.05) is 20.3 Å². The van der Waals surface area contributed by atoms with E-state index in [1.165, 1.54) is 12.2 Å². The lowest BCUT2D eigenvalue weighted by Gasteiger charge is -2.23. The lowest BCUT2D eigenvalue weighted by molar-refractivity contribution is -0.180. The quantitative estimate of drug-likeness (QED) is 0.671. The first kappa shape index (κ1) is 25.6. The lowest BCUT2D eigenvalue weighted by Crippen LogP contribution is -2.44. The average molecular weight is 405 g/mol. The number of amides is 1. The molecule has 0 aromatic heterocycles. The molecule has 156 valence electrons.